The van der Waals surface area contributed by atoms with E-state index in [1.807, 2.05) is 18.2 Å². The van der Waals surface area contributed by atoms with Gasteiger partial charge in [0.15, 0.2) is 0 Å². The number of benzene rings is 1. The van der Waals surface area contributed by atoms with E-state index >= 15 is 0 Å². The van der Waals surface area contributed by atoms with E-state index in [0.717, 1.165) is 20.9 Å². The third-order valence-corrected chi connectivity index (χ3v) is 4.16. The maximum Gasteiger partial charge on any atom is 0.240 e. The Hall–Kier alpha value is -1.17. The van der Waals surface area contributed by atoms with Crippen LogP contribution in [0.1, 0.15) is 32.7 Å². The van der Waals surface area contributed by atoms with E-state index in [1.165, 1.54) is 0 Å². The number of halogens is 1. The lowest BCUT2D eigenvalue weighted by Gasteiger charge is -2.13. The third kappa shape index (κ3) is 3.69. The van der Waals surface area contributed by atoms with Gasteiger partial charge < -0.3 is 11.1 Å². The number of nitrogens with one attached hydrogen (secondary N) is 1. The van der Waals surface area contributed by atoms with Crippen molar-refractivity contribution in [2.75, 3.05) is 5.32 Å². The van der Waals surface area contributed by atoms with Crippen molar-refractivity contribution >= 4 is 45.6 Å². The van der Waals surface area contributed by atoms with Gasteiger partial charge in [0.2, 0.25) is 5.91 Å². The smallest absolute Gasteiger partial charge is 0.240 e. The minimum Gasteiger partial charge on any atom is -0.325 e. The molecule has 0 fully saturated rings. The molecular formula is C14H20ClN3OS. The molecule has 2 aromatic rings. The molecule has 110 valence electrons. The van der Waals surface area contributed by atoms with Crippen LogP contribution in [0.2, 0.25) is 0 Å². The first-order valence-corrected chi connectivity index (χ1v) is 7.06. The quantitative estimate of drug-likeness (QED) is 0.894. The highest BCUT2D eigenvalue weighted by Crippen LogP contribution is 2.32. The maximum absolute atomic E-state index is 11.6. The van der Waals surface area contributed by atoms with Crippen molar-refractivity contribution in [1.29, 1.82) is 0 Å². The Morgan fingerprint density at radius 2 is 2.05 bits per heavy atom. The summed E-state index contributed by atoms with van der Waals surface area (Å²) < 4.78 is 1.08. The molecule has 0 saturated carbocycles. The summed E-state index contributed by atoms with van der Waals surface area (Å²) in [7, 11) is 0. The zero-order chi connectivity index (χ0) is 14.2. The Balaban J connectivity index is 0.00000200. The van der Waals surface area contributed by atoms with Gasteiger partial charge in [-0.25, -0.2) is 4.98 Å². The Labute approximate surface area is 129 Å². The van der Waals surface area contributed by atoms with Crippen LogP contribution in [0.15, 0.2) is 18.2 Å². The predicted octanol–water partition coefficient (Wildman–Crippen LogP) is 3.30. The number of amides is 1. The van der Waals surface area contributed by atoms with E-state index < -0.39 is 6.04 Å². The van der Waals surface area contributed by atoms with Crippen LogP contribution in [-0.2, 0) is 10.2 Å². The zero-order valence-electron chi connectivity index (χ0n) is 12.1. The third-order valence-electron chi connectivity index (χ3n) is 2.71. The number of carbonyl (C=O) groups is 1. The van der Waals surface area contributed by atoms with Crippen molar-refractivity contribution in [1.82, 2.24) is 4.98 Å². The molecule has 1 heterocycles. The van der Waals surface area contributed by atoms with Crippen LogP contribution >= 0.6 is 23.7 Å². The molecule has 0 spiro atoms. The van der Waals surface area contributed by atoms with E-state index in [9.17, 15) is 4.79 Å². The second kappa shape index (κ2) is 6.08. The van der Waals surface area contributed by atoms with Crippen molar-refractivity contribution < 1.29 is 4.79 Å². The van der Waals surface area contributed by atoms with Gasteiger partial charge in [-0.3, -0.25) is 4.79 Å². The summed E-state index contributed by atoms with van der Waals surface area (Å²) in [5, 5.41) is 3.89. The molecule has 1 atom stereocenters. The minimum atomic E-state index is -0.512. The monoisotopic (exact) mass is 313 g/mol. The number of carbonyl (C=O) groups excluding carboxylic acids is 1. The largest absolute Gasteiger partial charge is 0.325 e. The highest BCUT2D eigenvalue weighted by molar-refractivity contribution is 7.18. The van der Waals surface area contributed by atoms with Gasteiger partial charge in [0.25, 0.3) is 0 Å². The van der Waals surface area contributed by atoms with Gasteiger partial charge in [-0.2, -0.15) is 0 Å². The molecule has 1 aromatic heterocycles. The van der Waals surface area contributed by atoms with Crippen LogP contribution < -0.4 is 11.1 Å². The minimum absolute atomic E-state index is 0. The summed E-state index contributed by atoms with van der Waals surface area (Å²) in [6.45, 7) is 8.09. The second-order valence-electron chi connectivity index (χ2n) is 5.73. The summed E-state index contributed by atoms with van der Waals surface area (Å²) in [6, 6.07) is 5.22. The lowest BCUT2D eigenvalue weighted by Crippen LogP contribution is -2.32. The molecule has 2 rings (SSSR count). The standard InChI is InChI=1S/C14H19N3OS.ClH/c1-8(15)12(18)16-9-5-6-10-11(7-9)19-13(17-10)14(2,3)4;/h5-8H,15H2,1-4H3,(H,16,18);1H/t8-;/m0./s1. The van der Waals surface area contributed by atoms with Crippen LogP contribution in [0.4, 0.5) is 5.69 Å². The summed E-state index contributed by atoms with van der Waals surface area (Å²) in [6.07, 6.45) is 0. The number of rotatable bonds is 2. The molecule has 0 aliphatic carbocycles. The van der Waals surface area contributed by atoms with Crippen molar-refractivity contribution in [3.63, 3.8) is 0 Å². The van der Waals surface area contributed by atoms with E-state index in [1.54, 1.807) is 18.3 Å². The average molecular weight is 314 g/mol. The molecule has 0 bridgehead atoms. The van der Waals surface area contributed by atoms with Crippen molar-refractivity contribution in [3.05, 3.63) is 23.2 Å². The average Bonchev–Trinajstić information content (AvgIpc) is 2.71. The van der Waals surface area contributed by atoms with Crippen molar-refractivity contribution in [2.45, 2.75) is 39.2 Å². The fourth-order valence-electron chi connectivity index (χ4n) is 1.58. The number of anilines is 1. The molecule has 1 amide bonds. The van der Waals surface area contributed by atoms with E-state index in [0.29, 0.717) is 0 Å². The normalized spacial score (nSPS) is 12.8. The topological polar surface area (TPSA) is 68.0 Å². The molecule has 0 unspecified atom stereocenters. The number of nitrogens with two attached hydrogens (primary N) is 1. The van der Waals surface area contributed by atoms with Crippen LogP contribution in [0.5, 0.6) is 0 Å². The number of nitrogens with zero attached hydrogens (tertiary/aromatic N) is 1. The molecule has 20 heavy (non-hydrogen) atoms. The summed E-state index contributed by atoms with van der Waals surface area (Å²) in [4.78, 5) is 16.2. The van der Waals surface area contributed by atoms with Crippen LogP contribution in [0, 0.1) is 0 Å². The summed E-state index contributed by atoms with van der Waals surface area (Å²) >= 11 is 1.66. The van der Waals surface area contributed by atoms with Gasteiger partial charge in [-0.05, 0) is 25.1 Å². The first-order valence-electron chi connectivity index (χ1n) is 6.25. The molecule has 0 aliphatic heterocycles. The Morgan fingerprint density at radius 3 is 2.60 bits per heavy atom. The van der Waals surface area contributed by atoms with E-state index in [4.69, 9.17) is 5.73 Å². The van der Waals surface area contributed by atoms with Crippen LogP contribution in [0.3, 0.4) is 0 Å². The second-order valence-corrected chi connectivity index (χ2v) is 6.76. The number of aromatic nitrogens is 1. The zero-order valence-corrected chi connectivity index (χ0v) is 13.7. The van der Waals surface area contributed by atoms with Crippen LogP contribution in [-0.4, -0.2) is 16.9 Å². The highest BCUT2D eigenvalue weighted by atomic mass is 35.5. The summed E-state index contributed by atoms with van der Waals surface area (Å²) in [5.74, 6) is -0.181. The fraction of sp³-hybridized carbons (Fsp3) is 0.429. The molecule has 0 saturated heterocycles. The van der Waals surface area contributed by atoms with E-state index in [-0.39, 0.29) is 23.7 Å². The van der Waals surface area contributed by atoms with Gasteiger partial charge in [0, 0.05) is 11.1 Å². The molecule has 6 heteroatoms. The predicted molar refractivity (Wildman–Crippen MR) is 87.8 cm³/mol. The maximum atomic E-state index is 11.6. The van der Waals surface area contributed by atoms with Crippen molar-refractivity contribution in [3.8, 4) is 0 Å². The lowest BCUT2D eigenvalue weighted by molar-refractivity contribution is -0.117. The first kappa shape index (κ1) is 16.9. The number of hydrogen-bond acceptors (Lipinski definition) is 4. The molecule has 4 nitrogen and oxygen atoms in total. The molecule has 3 N–H and O–H groups in total. The van der Waals surface area contributed by atoms with Gasteiger partial charge in [-0.15, -0.1) is 23.7 Å². The SMILES string of the molecule is C[C@H](N)C(=O)Nc1ccc2nc(C(C)(C)C)sc2c1.Cl. The Morgan fingerprint density at radius 1 is 1.40 bits per heavy atom. The molecule has 1 aromatic carbocycles. The highest BCUT2D eigenvalue weighted by Gasteiger charge is 2.19. The van der Waals surface area contributed by atoms with Gasteiger partial charge in [0.05, 0.1) is 21.3 Å². The number of hydrogen-bond donors (Lipinski definition) is 2. The number of thiazole rings is 1. The lowest BCUT2D eigenvalue weighted by atomic mass is 9.98. The molecular weight excluding hydrogens is 294 g/mol. The first-order chi connectivity index (χ1) is 8.77. The van der Waals surface area contributed by atoms with Gasteiger partial charge in [-0.1, -0.05) is 20.8 Å². The van der Waals surface area contributed by atoms with E-state index in [2.05, 4.69) is 31.1 Å². The Bertz CT molecular complexity index is 616. The molecule has 0 aliphatic rings. The number of fused-ring (bicyclic) bond motifs is 1. The Kier molecular flexibility index (Phi) is 5.13. The van der Waals surface area contributed by atoms with Crippen molar-refractivity contribution in [2.24, 2.45) is 5.73 Å². The van der Waals surface area contributed by atoms with Crippen LogP contribution in [0.25, 0.3) is 10.2 Å². The van der Waals surface area contributed by atoms with Gasteiger partial charge >= 0.3 is 0 Å². The fourth-order valence-corrected chi connectivity index (χ4v) is 2.64. The van der Waals surface area contributed by atoms with Gasteiger partial charge in [0.1, 0.15) is 0 Å². The summed E-state index contributed by atoms with van der Waals surface area (Å²) in [5.41, 5.74) is 7.31. The molecule has 0 radical (unpaired) electrons.